The standard InChI is InChI=1S/C30H32N2O/c1-4-5-21-32-26-19-18-24-15-9-10-16-25(24)29(26)30(2,3)27(32)17-11-12-20-31-28(33)22-23-13-7-6-8-14-23/h6-20H,4-5,21-22H2,1-3H3/p+1. The van der Waals surface area contributed by atoms with Gasteiger partial charge in [-0.05, 0) is 42.3 Å². The molecule has 0 aliphatic carbocycles. The molecule has 1 N–H and O–H groups in total. The summed E-state index contributed by atoms with van der Waals surface area (Å²) >= 11 is 0. The van der Waals surface area contributed by atoms with Gasteiger partial charge in [-0.15, -0.1) is 0 Å². The number of hydrogen-bond donors (Lipinski definition) is 1. The van der Waals surface area contributed by atoms with Gasteiger partial charge in [-0.25, -0.2) is 0 Å². The Labute approximate surface area is 197 Å². The van der Waals surface area contributed by atoms with Crippen molar-refractivity contribution < 1.29 is 9.37 Å². The van der Waals surface area contributed by atoms with Crippen molar-refractivity contribution >= 4 is 28.1 Å². The summed E-state index contributed by atoms with van der Waals surface area (Å²) in [6.45, 7) is 7.87. The Morgan fingerprint density at radius 2 is 1.73 bits per heavy atom. The Hall–Kier alpha value is -3.46. The number of rotatable bonds is 8. The molecule has 0 aromatic heterocycles. The molecular formula is C30H33N2O+. The smallest absolute Gasteiger partial charge is 0.228 e. The molecule has 0 atom stereocenters. The Balaban J connectivity index is 1.55. The van der Waals surface area contributed by atoms with Crippen LogP contribution in [-0.2, 0) is 16.6 Å². The van der Waals surface area contributed by atoms with Crippen LogP contribution >= 0.6 is 0 Å². The predicted octanol–water partition coefficient (Wildman–Crippen LogP) is 6.44. The van der Waals surface area contributed by atoms with E-state index in [9.17, 15) is 4.79 Å². The summed E-state index contributed by atoms with van der Waals surface area (Å²) in [5.41, 5.74) is 4.91. The van der Waals surface area contributed by atoms with E-state index in [4.69, 9.17) is 0 Å². The number of carbonyl (C=O) groups excluding carboxylic acids is 1. The molecule has 1 heterocycles. The summed E-state index contributed by atoms with van der Waals surface area (Å²) in [5.74, 6) is -0.0110. The summed E-state index contributed by atoms with van der Waals surface area (Å²) in [5, 5.41) is 5.48. The summed E-state index contributed by atoms with van der Waals surface area (Å²) in [6, 6.07) is 23.0. The van der Waals surface area contributed by atoms with Gasteiger partial charge in [-0.3, -0.25) is 4.79 Å². The van der Waals surface area contributed by atoms with Gasteiger partial charge in [0.25, 0.3) is 0 Å². The molecule has 3 heteroatoms. The van der Waals surface area contributed by atoms with Crippen LogP contribution in [0.25, 0.3) is 10.8 Å². The zero-order valence-corrected chi connectivity index (χ0v) is 19.8. The first kappa shape index (κ1) is 22.7. The molecule has 33 heavy (non-hydrogen) atoms. The van der Waals surface area contributed by atoms with Crippen molar-refractivity contribution in [2.24, 2.45) is 0 Å². The average molecular weight is 438 g/mol. The van der Waals surface area contributed by atoms with Crippen molar-refractivity contribution in [3.63, 3.8) is 0 Å². The fourth-order valence-electron chi connectivity index (χ4n) is 4.77. The Morgan fingerprint density at radius 3 is 2.52 bits per heavy atom. The van der Waals surface area contributed by atoms with Gasteiger partial charge in [0.2, 0.25) is 11.6 Å². The van der Waals surface area contributed by atoms with Crippen molar-refractivity contribution in [3.05, 3.63) is 102 Å². The van der Waals surface area contributed by atoms with Crippen LogP contribution in [-0.4, -0.2) is 22.7 Å². The average Bonchev–Trinajstić information content (AvgIpc) is 3.04. The highest BCUT2D eigenvalue weighted by atomic mass is 16.1. The highest BCUT2D eigenvalue weighted by molar-refractivity contribution is 6.07. The maximum absolute atomic E-state index is 12.2. The summed E-state index contributed by atoms with van der Waals surface area (Å²) in [6.07, 6.45) is 10.5. The molecule has 1 aliphatic heterocycles. The Morgan fingerprint density at radius 1 is 0.970 bits per heavy atom. The zero-order valence-electron chi connectivity index (χ0n) is 19.8. The van der Waals surface area contributed by atoms with Crippen LogP contribution < -0.4 is 5.32 Å². The van der Waals surface area contributed by atoms with E-state index < -0.39 is 0 Å². The van der Waals surface area contributed by atoms with Gasteiger partial charge in [-0.1, -0.05) is 74.0 Å². The van der Waals surface area contributed by atoms with E-state index in [1.165, 1.54) is 27.7 Å². The fourth-order valence-corrected chi connectivity index (χ4v) is 4.77. The molecule has 4 rings (SSSR count). The molecule has 3 nitrogen and oxygen atoms in total. The van der Waals surface area contributed by atoms with Crippen LogP contribution in [0.1, 0.15) is 44.7 Å². The molecule has 0 saturated heterocycles. The minimum atomic E-state index is -0.106. The maximum atomic E-state index is 12.2. The molecule has 0 unspecified atom stereocenters. The van der Waals surface area contributed by atoms with E-state index in [1.54, 1.807) is 6.20 Å². The first-order chi connectivity index (χ1) is 16.0. The van der Waals surface area contributed by atoms with E-state index in [0.717, 1.165) is 24.9 Å². The predicted molar refractivity (Wildman–Crippen MR) is 138 cm³/mol. The third kappa shape index (κ3) is 4.83. The third-order valence-corrected chi connectivity index (χ3v) is 6.40. The van der Waals surface area contributed by atoms with Gasteiger partial charge in [0.15, 0.2) is 5.71 Å². The van der Waals surface area contributed by atoms with Gasteiger partial charge in [0, 0.05) is 30.3 Å². The van der Waals surface area contributed by atoms with Crippen LogP contribution in [0, 0.1) is 0 Å². The summed E-state index contributed by atoms with van der Waals surface area (Å²) < 4.78 is 2.48. The normalized spacial score (nSPS) is 15.0. The number of hydrogen-bond acceptors (Lipinski definition) is 1. The van der Waals surface area contributed by atoms with E-state index in [-0.39, 0.29) is 11.3 Å². The van der Waals surface area contributed by atoms with Crippen molar-refractivity contribution in [2.45, 2.75) is 45.4 Å². The molecule has 168 valence electrons. The number of amides is 1. The van der Waals surface area contributed by atoms with Crippen LogP contribution in [0.15, 0.2) is 91.2 Å². The quantitative estimate of drug-likeness (QED) is 0.319. The molecule has 0 bridgehead atoms. The van der Waals surface area contributed by atoms with Gasteiger partial charge in [-0.2, -0.15) is 4.58 Å². The van der Waals surface area contributed by atoms with Crippen molar-refractivity contribution in [1.82, 2.24) is 5.32 Å². The lowest BCUT2D eigenvalue weighted by Gasteiger charge is -2.17. The van der Waals surface area contributed by atoms with E-state index in [2.05, 4.69) is 73.1 Å². The van der Waals surface area contributed by atoms with Crippen LogP contribution in [0.5, 0.6) is 0 Å². The summed E-state index contributed by atoms with van der Waals surface area (Å²) in [4.78, 5) is 12.2. The molecule has 0 saturated carbocycles. The molecule has 1 amide bonds. The number of nitrogens with zero attached hydrogens (tertiary/aromatic N) is 1. The van der Waals surface area contributed by atoms with Gasteiger partial charge in [0.1, 0.15) is 6.54 Å². The number of carbonyl (C=O) groups is 1. The molecule has 0 radical (unpaired) electrons. The van der Waals surface area contributed by atoms with Crippen LogP contribution in [0.2, 0.25) is 0 Å². The first-order valence-corrected chi connectivity index (χ1v) is 11.9. The molecule has 1 aliphatic rings. The number of nitrogens with one attached hydrogen (secondary N) is 1. The largest absolute Gasteiger partial charge is 0.332 e. The lowest BCUT2D eigenvalue weighted by molar-refractivity contribution is -0.438. The van der Waals surface area contributed by atoms with E-state index in [0.29, 0.717) is 6.42 Å². The highest BCUT2D eigenvalue weighted by Gasteiger charge is 2.45. The van der Waals surface area contributed by atoms with Gasteiger partial charge in [0.05, 0.1) is 11.8 Å². The molecular weight excluding hydrogens is 404 g/mol. The summed E-state index contributed by atoms with van der Waals surface area (Å²) in [7, 11) is 0. The number of fused-ring (bicyclic) bond motifs is 3. The third-order valence-electron chi connectivity index (χ3n) is 6.40. The monoisotopic (exact) mass is 437 g/mol. The fraction of sp³-hybridized carbons (Fsp3) is 0.267. The van der Waals surface area contributed by atoms with Crippen molar-refractivity contribution in [3.8, 4) is 0 Å². The Kier molecular flexibility index (Phi) is 6.88. The number of unbranched alkanes of at least 4 members (excludes halogenated alkanes) is 1. The second kappa shape index (κ2) is 9.99. The van der Waals surface area contributed by atoms with Crippen molar-refractivity contribution in [2.75, 3.05) is 6.54 Å². The first-order valence-electron chi connectivity index (χ1n) is 11.9. The van der Waals surface area contributed by atoms with Gasteiger partial charge >= 0.3 is 0 Å². The lowest BCUT2D eigenvalue weighted by Crippen LogP contribution is -2.28. The van der Waals surface area contributed by atoms with Crippen LogP contribution in [0.4, 0.5) is 5.69 Å². The SMILES string of the molecule is CCCC[N+]1=C(C=CC=CNC(=O)Cc2ccccc2)C(C)(C)c2c1ccc1ccccc21. The highest BCUT2D eigenvalue weighted by Crippen LogP contribution is 2.44. The number of benzene rings is 3. The molecule has 3 aromatic rings. The second-order valence-electron chi connectivity index (χ2n) is 9.14. The number of allylic oxidation sites excluding steroid dienone is 3. The minimum Gasteiger partial charge on any atom is -0.332 e. The lowest BCUT2D eigenvalue weighted by atomic mass is 9.79. The zero-order chi connectivity index (χ0) is 23.3. The van der Waals surface area contributed by atoms with E-state index >= 15 is 0 Å². The minimum absolute atomic E-state index is 0.0110. The van der Waals surface area contributed by atoms with Crippen molar-refractivity contribution in [1.29, 1.82) is 0 Å². The molecule has 0 spiro atoms. The van der Waals surface area contributed by atoms with Crippen LogP contribution in [0.3, 0.4) is 0 Å². The second-order valence-corrected chi connectivity index (χ2v) is 9.14. The van der Waals surface area contributed by atoms with Gasteiger partial charge < -0.3 is 5.32 Å². The Bertz CT molecular complexity index is 1230. The topological polar surface area (TPSA) is 32.1 Å². The molecule has 3 aromatic carbocycles. The maximum Gasteiger partial charge on any atom is 0.228 e. The molecule has 0 fully saturated rings. The van der Waals surface area contributed by atoms with E-state index in [1.807, 2.05) is 42.5 Å².